The molecule has 2 rings (SSSR count). The Kier molecular flexibility index (Phi) is 4.13. The highest BCUT2D eigenvalue weighted by atomic mass is 16.5. The third-order valence-electron chi connectivity index (χ3n) is 3.60. The van der Waals surface area contributed by atoms with Crippen LogP contribution in [-0.4, -0.2) is 17.6 Å². The summed E-state index contributed by atoms with van der Waals surface area (Å²) in [5, 5.41) is 2.89. The van der Waals surface area contributed by atoms with Crippen LogP contribution in [0.3, 0.4) is 0 Å². The van der Waals surface area contributed by atoms with Crippen molar-refractivity contribution in [1.29, 1.82) is 0 Å². The van der Waals surface area contributed by atoms with Crippen LogP contribution in [0.2, 0.25) is 0 Å². The molecule has 106 valence electrons. The summed E-state index contributed by atoms with van der Waals surface area (Å²) < 4.78 is 7.18. The molecular weight excluding hydrogens is 252 g/mol. The second-order valence-electron chi connectivity index (χ2n) is 4.91. The Balaban J connectivity index is 2.03. The second-order valence-corrected chi connectivity index (χ2v) is 4.91. The van der Waals surface area contributed by atoms with Crippen LogP contribution >= 0.6 is 0 Å². The third kappa shape index (κ3) is 3.02. The van der Waals surface area contributed by atoms with Gasteiger partial charge in [-0.2, -0.15) is 0 Å². The van der Waals surface area contributed by atoms with Crippen molar-refractivity contribution in [2.75, 3.05) is 12.4 Å². The SMILES string of the molecule is COc1ccc(NC(=O)Cc2cc(C)n(C)c2C)cc1. The minimum atomic E-state index is -0.0103. The van der Waals surface area contributed by atoms with E-state index in [-0.39, 0.29) is 5.91 Å². The fourth-order valence-corrected chi connectivity index (χ4v) is 2.16. The largest absolute Gasteiger partial charge is 0.497 e. The Morgan fingerprint density at radius 1 is 1.25 bits per heavy atom. The first kappa shape index (κ1) is 14.2. The van der Waals surface area contributed by atoms with Crippen LogP contribution in [0.5, 0.6) is 5.75 Å². The van der Waals surface area contributed by atoms with Gasteiger partial charge in [-0.05, 0) is 49.7 Å². The molecule has 1 N–H and O–H groups in total. The molecule has 0 aliphatic carbocycles. The van der Waals surface area contributed by atoms with Gasteiger partial charge >= 0.3 is 0 Å². The van der Waals surface area contributed by atoms with E-state index >= 15 is 0 Å². The molecule has 0 bridgehead atoms. The molecule has 4 heteroatoms. The van der Waals surface area contributed by atoms with Crippen LogP contribution in [0.1, 0.15) is 17.0 Å². The fourth-order valence-electron chi connectivity index (χ4n) is 2.16. The fraction of sp³-hybridized carbons (Fsp3) is 0.312. The smallest absolute Gasteiger partial charge is 0.228 e. The Bertz CT molecular complexity index is 612. The van der Waals surface area contributed by atoms with Gasteiger partial charge in [0.25, 0.3) is 0 Å². The van der Waals surface area contributed by atoms with E-state index in [4.69, 9.17) is 4.74 Å². The monoisotopic (exact) mass is 272 g/mol. The average molecular weight is 272 g/mol. The van der Waals surface area contributed by atoms with Gasteiger partial charge in [-0.3, -0.25) is 4.79 Å². The Morgan fingerprint density at radius 2 is 1.90 bits per heavy atom. The van der Waals surface area contributed by atoms with Crippen molar-refractivity contribution in [2.45, 2.75) is 20.3 Å². The molecule has 2 aromatic rings. The lowest BCUT2D eigenvalue weighted by molar-refractivity contribution is -0.115. The van der Waals surface area contributed by atoms with Gasteiger partial charge in [-0.25, -0.2) is 0 Å². The van der Waals surface area contributed by atoms with Crippen LogP contribution in [0.25, 0.3) is 0 Å². The first-order valence-electron chi connectivity index (χ1n) is 6.57. The van der Waals surface area contributed by atoms with Gasteiger partial charge in [0.2, 0.25) is 5.91 Å². The van der Waals surface area contributed by atoms with Gasteiger partial charge in [-0.15, -0.1) is 0 Å². The molecule has 0 saturated carbocycles. The topological polar surface area (TPSA) is 43.3 Å². The van der Waals surface area contributed by atoms with Gasteiger partial charge < -0.3 is 14.6 Å². The minimum Gasteiger partial charge on any atom is -0.497 e. The minimum absolute atomic E-state index is 0.0103. The molecule has 0 aliphatic rings. The zero-order valence-corrected chi connectivity index (χ0v) is 12.4. The predicted molar refractivity (Wildman–Crippen MR) is 80.2 cm³/mol. The number of aromatic nitrogens is 1. The maximum Gasteiger partial charge on any atom is 0.228 e. The number of rotatable bonds is 4. The number of benzene rings is 1. The van der Waals surface area contributed by atoms with Crippen molar-refractivity contribution in [3.63, 3.8) is 0 Å². The van der Waals surface area contributed by atoms with Gasteiger partial charge in [0, 0.05) is 24.1 Å². The number of aryl methyl sites for hydroxylation is 1. The van der Waals surface area contributed by atoms with Gasteiger partial charge in [0.1, 0.15) is 5.75 Å². The molecule has 20 heavy (non-hydrogen) atoms. The number of methoxy groups -OCH3 is 1. The summed E-state index contributed by atoms with van der Waals surface area (Å²) >= 11 is 0. The Morgan fingerprint density at radius 3 is 2.40 bits per heavy atom. The first-order valence-corrected chi connectivity index (χ1v) is 6.57. The molecule has 1 aromatic heterocycles. The second kappa shape index (κ2) is 5.82. The van der Waals surface area contributed by atoms with E-state index < -0.39 is 0 Å². The molecule has 0 saturated heterocycles. The van der Waals surface area contributed by atoms with Crippen molar-refractivity contribution in [3.8, 4) is 5.75 Å². The number of hydrogen-bond donors (Lipinski definition) is 1. The highest BCUT2D eigenvalue weighted by molar-refractivity contribution is 5.92. The van der Waals surface area contributed by atoms with E-state index in [0.29, 0.717) is 6.42 Å². The van der Waals surface area contributed by atoms with Gasteiger partial charge in [0.15, 0.2) is 0 Å². The molecule has 4 nitrogen and oxygen atoms in total. The lowest BCUT2D eigenvalue weighted by Gasteiger charge is -2.06. The quantitative estimate of drug-likeness (QED) is 0.930. The van der Waals surface area contributed by atoms with Gasteiger partial charge in [0.05, 0.1) is 13.5 Å². The lowest BCUT2D eigenvalue weighted by Crippen LogP contribution is -2.14. The van der Waals surface area contributed by atoms with Crippen LogP contribution in [0, 0.1) is 13.8 Å². The van der Waals surface area contributed by atoms with Crippen LogP contribution < -0.4 is 10.1 Å². The molecule has 1 aromatic carbocycles. The molecule has 0 fully saturated rings. The van der Waals surface area contributed by atoms with E-state index in [1.807, 2.05) is 45.2 Å². The van der Waals surface area contributed by atoms with Crippen LogP contribution in [0.15, 0.2) is 30.3 Å². The standard InChI is InChI=1S/C16H20N2O2/c1-11-9-13(12(2)18(11)3)10-16(19)17-14-5-7-15(20-4)8-6-14/h5-9H,10H2,1-4H3,(H,17,19). The number of amides is 1. The summed E-state index contributed by atoms with van der Waals surface area (Å²) in [6.07, 6.45) is 0.388. The summed E-state index contributed by atoms with van der Waals surface area (Å²) in [7, 11) is 3.63. The van der Waals surface area contributed by atoms with Crippen LogP contribution in [-0.2, 0) is 18.3 Å². The Labute approximate surface area is 119 Å². The number of hydrogen-bond acceptors (Lipinski definition) is 2. The van der Waals surface area contributed by atoms with Gasteiger partial charge in [-0.1, -0.05) is 0 Å². The molecule has 0 atom stereocenters. The highest BCUT2D eigenvalue weighted by Crippen LogP contribution is 2.17. The summed E-state index contributed by atoms with van der Waals surface area (Å²) in [5.41, 5.74) is 4.14. The number of nitrogens with one attached hydrogen (secondary N) is 1. The molecule has 1 heterocycles. The maximum absolute atomic E-state index is 12.1. The maximum atomic E-state index is 12.1. The zero-order valence-electron chi connectivity index (χ0n) is 12.4. The average Bonchev–Trinajstić information content (AvgIpc) is 2.67. The van der Waals surface area contributed by atoms with Crippen molar-refractivity contribution < 1.29 is 9.53 Å². The van der Waals surface area contributed by atoms with E-state index in [2.05, 4.69) is 16.0 Å². The van der Waals surface area contributed by atoms with Crippen molar-refractivity contribution >= 4 is 11.6 Å². The van der Waals surface area contributed by atoms with Crippen LogP contribution in [0.4, 0.5) is 5.69 Å². The van der Waals surface area contributed by atoms with Crippen molar-refractivity contribution in [2.24, 2.45) is 7.05 Å². The summed E-state index contributed by atoms with van der Waals surface area (Å²) in [5.74, 6) is 0.765. The summed E-state index contributed by atoms with van der Waals surface area (Å²) in [6.45, 7) is 4.07. The molecular formula is C16H20N2O2. The number of carbonyl (C=O) groups is 1. The van der Waals surface area contributed by atoms with E-state index in [1.165, 1.54) is 0 Å². The highest BCUT2D eigenvalue weighted by Gasteiger charge is 2.10. The summed E-state index contributed by atoms with van der Waals surface area (Å²) in [6, 6.07) is 9.38. The number of ether oxygens (including phenoxy) is 1. The molecule has 0 aliphatic heterocycles. The van der Waals surface area contributed by atoms with Crippen molar-refractivity contribution in [3.05, 3.63) is 47.3 Å². The molecule has 0 unspecified atom stereocenters. The normalized spacial score (nSPS) is 10.4. The molecule has 0 radical (unpaired) electrons. The van der Waals surface area contributed by atoms with E-state index in [9.17, 15) is 4.79 Å². The Hall–Kier alpha value is -2.23. The predicted octanol–water partition coefficient (Wildman–Crippen LogP) is 2.83. The zero-order chi connectivity index (χ0) is 14.7. The first-order chi connectivity index (χ1) is 9.51. The number of anilines is 1. The lowest BCUT2D eigenvalue weighted by atomic mass is 10.1. The molecule has 0 spiro atoms. The number of nitrogens with zero attached hydrogens (tertiary/aromatic N) is 1. The third-order valence-corrected chi connectivity index (χ3v) is 3.60. The van der Waals surface area contributed by atoms with E-state index in [0.717, 1.165) is 28.4 Å². The van der Waals surface area contributed by atoms with Crippen molar-refractivity contribution in [1.82, 2.24) is 4.57 Å². The van der Waals surface area contributed by atoms with E-state index in [1.54, 1.807) is 7.11 Å². The molecule has 1 amide bonds. The number of carbonyl (C=O) groups excluding carboxylic acids is 1. The summed E-state index contributed by atoms with van der Waals surface area (Å²) in [4.78, 5) is 12.1.